The summed E-state index contributed by atoms with van der Waals surface area (Å²) in [5.74, 6) is 0.171. The molecule has 0 amide bonds. The molecule has 0 unspecified atom stereocenters. The van der Waals surface area contributed by atoms with Gasteiger partial charge >= 0.3 is 0 Å². The van der Waals surface area contributed by atoms with Crippen molar-refractivity contribution in [2.45, 2.75) is 13.3 Å². The standard InChI is InChI=1S/C5H8O.Cr/c1-3-4-5(2)6;/h3H,1,4H2,2H3;. The molecule has 0 aromatic rings. The van der Waals surface area contributed by atoms with E-state index < -0.39 is 0 Å². The van der Waals surface area contributed by atoms with Crippen LogP contribution in [0.5, 0.6) is 0 Å². The Labute approximate surface area is 54.5 Å². The normalized spacial score (nSPS) is 6.43. The number of allylic oxidation sites excluding steroid dienone is 1. The van der Waals surface area contributed by atoms with E-state index in [1.165, 1.54) is 0 Å². The molecule has 0 aliphatic rings. The molecule has 0 aromatic carbocycles. The summed E-state index contributed by atoms with van der Waals surface area (Å²) >= 11 is 0. The maximum atomic E-state index is 9.97. The minimum atomic E-state index is 0. The maximum Gasteiger partial charge on any atom is 0.133 e. The van der Waals surface area contributed by atoms with Crippen molar-refractivity contribution in [2.75, 3.05) is 0 Å². The largest absolute Gasteiger partial charge is 0.300 e. The van der Waals surface area contributed by atoms with Gasteiger partial charge in [-0.1, -0.05) is 6.08 Å². The first-order valence-corrected chi connectivity index (χ1v) is 1.87. The van der Waals surface area contributed by atoms with Crippen LogP contribution in [-0.4, -0.2) is 5.78 Å². The summed E-state index contributed by atoms with van der Waals surface area (Å²) in [6.07, 6.45) is 2.10. The third-order valence-corrected chi connectivity index (χ3v) is 0.432. The Hall–Kier alpha value is -0.0575. The zero-order valence-electron chi connectivity index (χ0n) is 4.31. The van der Waals surface area contributed by atoms with Gasteiger partial charge in [-0.25, -0.2) is 0 Å². The van der Waals surface area contributed by atoms with Crippen molar-refractivity contribution in [2.24, 2.45) is 0 Å². The fraction of sp³-hybridized carbons (Fsp3) is 0.400. The second-order valence-electron chi connectivity index (χ2n) is 1.19. The van der Waals surface area contributed by atoms with Gasteiger partial charge in [-0.15, -0.1) is 6.58 Å². The predicted octanol–water partition coefficient (Wildman–Crippen LogP) is 1.15. The van der Waals surface area contributed by atoms with Gasteiger partial charge in [0.05, 0.1) is 0 Å². The molecule has 40 valence electrons. The summed E-state index contributed by atoms with van der Waals surface area (Å²) in [5.41, 5.74) is 0. The van der Waals surface area contributed by atoms with E-state index in [-0.39, 0.29) is 23.1 Å². The van der Waals surface area contributed by atoms with Crippen LogP contribution in [0.1, 0.15) is 13.3 Å². The Morgan fingerprint density at radius 3 is 2.29 bits per heavy atom. The minimum Gasteiger partial charge on any atom is -0.300 e. The van der Waals surface area contributed by atoms with Gasteiger partial charge in [0.1, 0.15) is 5.78 Å². The molecule has 0 aliphatic carbocycles. The molecule has 2 heteroatoms. The van der Waals surface area contributed by atoms with E-state index in [1.807, 2.05) is 0 Å². The van der Waals surface area contributed by atoms with Crippen LogP contribution in [0.2, 0.25) is 0 Å². The van der Waals surface area contributed by atoms with Crippen molar-refractivity contribution in [1.29, 1.82) is 0 Å². The second-order valence-corrected chi connectivity index (χ2v) is 1.19. The molecule has 0 fully saturated rings. The van der Waals surface area contributed by atoms with Crippen molar-refractivity contribution in [3.05, 3.63) is 12.7 Å². The van der Waals surface area contributed by atoms with Crippen molar-refractivity contribution in [1.82, 2.24) is 0 Å². The van der Waals surface area contributed by atoms with Crippen molar-refractivity contribution < 1.29 is 22.2 Å². The third-order valence-electron chi connectivity index (χ3n) is 0.432. The Balaban J connectivity index is 0. The Bertz CT molecular complexity index is 68.5. The van der Waals surface area contributed by atoms with Gasteiger partial charge in [0.15, 0.2) is 0 Å². The quantitative estimate of drug-likeness (QED) is 0.520. The van der Waals surface area contributed by atoms with E-state index in [4.69, 9.17) is 0 Å². The van der Waals surface area contributed by atoms with Gasteiger partial charge in [-0.05, 0) is 6.92 Å². The molecule has 0 spiro atoms. The first kappa shape index (κ1) is 10.0. The number of Topliss-reactive ketones (excluding diaryl/α,β-unsaturated/α-hetero) is 1. The Morgan fingerprint density at radius 2 is 2.29 bits per heavy atom. The molecule has 0 rings (SSSR count). The number of rotatable bonds is 2. The Kier molecular flexibility index (Phi) is 8.52. The van der Waals surface area contributed by atoms with Gasteiger partial charge in [0.25, 0.3) is 0 Å². The third kappa shape index (κ3) is 10.7. The second kappa shape index (κ2) is 5.94. The molecule has 0 bridgehead atoms. The average molecular weight is 136 g/mol. The molecule has 0 N–H and O–H groups in total. The molecule has 0 radical (unpaired) electrons. The van der Waals surface area contributed by atoms with Crippen molar-refractivity contribution in [3.8, 4) is 0 Å². The smallest absolute Gasteiger partial charge is 0.133 e. The average Bonchev–Trinajstić information content (AvgIpc) is 1.35. The molecular formula is C5H8CrO. The summed E-state index contributed by atoms with van der Waals surface area (Å²) < 4.78 is 0. The summed E-state index contributed by atoms with van der Waals surface area (Å²) in [6, 6.07) is 0. The summed E-state index contributed by atoms with van der Waals surface area (Å²) in [4.78, 5) is 9.97. The van der Waals surface area contributed by atoms with Crippen LogP contribution in [0.25, 0.3) is 0 Å². The van der Waals surface area contributed by atoms with Crippen molar-refractivity contribution >= 4 is 5.78 Å². The van der Waals surface area contributed by atoms with E-state index in [0.717, 1.165) is 0 Å². The molecule has 1 nitrogen and oxygen atoms in total. The summed E-state index contributed by atoms with van der Waals surface area (Å²) in [6.45, 7) is 4.92. The molecule has 0 aliphatic heterocycles. The maximum absolute atomic E-state index is 9.97. The SMILES string of the molecule is C=CCC(C)=O.[Cr]. The van der Waals surface area contributed by atoms with Crippen LogP contribution >= 0.6 is 0 Å². The first-order valence-electron chi connectivity index (χ1n) is 1.87. The number of carbonyl (C=O) groups excluding carboxylic acids is 1. The van der Waals surface area contributed by atoms with Crippen LogP contribution in [0.4, 0.5) is 0 Å². The van der Waals surface area contributed by atoms with E-state index in [2.05, 4.69) is 6.58 Å². The van der Waals surface area contributed by atoms with Gasteiger partial charge < -0.3 is 0 Å². The molecular weight excluding hydrogens is 128 g/mol. The van der Waals surface area contributed by atoms with Gasteiger partial charge in [0.2, 0.25) is 0 Å². The number of hydrogen-bond acceptors (Lipinski definition) is 1. The molecule has 0 aromatic heterocycles. The fourth-order valence-corrected chi connectivity index (χ4v) is 0.203. The summed E-state index contributed by atoms with van der Waals surface area (Å²) in [7, 11) is 0. The first-order chi connectivity index (χ1) is 2.77. The number of hydrogen-bond donors (Lipinski definition) is 0. The van der Waals surface area contributed by atoms with Crippen molar-refractivity contribution in [3.63, 3.8) is 0 Å². The molecule has 0 heterocycles. The zero-order valence-corrected chi connectivity index (χ0v) is 5.58. The number of ketones is 1. The minimum absolute atomic E-state index is 0. The molecule has 0 atom stereocenters. The van der Waals surface area contributed by atoms with Crippen LogP contribution < -0.4 is 0 Å². The summed E-state index contributed by atoms with van der Waals surface area (Å²) in [5, 5.41) is 0. The number of carbonyl (C=O) groups is 1. The van der Waals surface area contributed by atoms with E-state index in [1.54, 1.807) is 13.0 Å². The van der Waals surface area contributed by atoms with Gasteiger partial charge in [-0.2, -0.15) is 0 Å². The van der Waals surface area contributed by atoms with Crippen LogP contribution in [0.15, 0.2) is 12.7 Å². The Morgan fingerprint density at radius 1 is 1.86 bits per heavy atom. The van der Waals surface area contributed by atoms with Crippen LogP contribution in [0.3, 0.4) is 0 Å². The van der Waals surface area contributed by atoms with E-state index in [9.17, 15) is 4.79 Å². The predicted molar refractivity (Wildman–Crippen MR) is 25.5 cm³/mol. The molecule has 0 saturated heterocycles. The van der Waals surface area contributed by atoms with E-state index >= 15 is 0 Å². The monoisotopic (exact) mass is 136 g/mol. The van der Waals surface area contributed by atoms with E-state index in [0.29, 0.717) is 6.42 Å². The zero-order chi connectivity index (χ0) is 4.99. The van der Waals surface area contributed by atoms with Gasteiger partial charge in [0, 0.05) is 23.8 Å². The van der Waals surface area contributed by atoms with Crippen LogP contribution in [-0.2, 0) is 22.2 Å². The van der Waals surface area contributed by atoms with Crippen LogP contribution in [0, 0.1) is 0 Å². The molecule has 0 saturated carbocycles. The van der Waals surface area contributed by atoms with Gasteiger partial charge in [-0.3, -0.25) is 4.79 Å². The fourth-order valence-electron chi connectivity index (χ4n) is 0.203. The topological polar surface area (TPSA) is 17.1 Å². The molecule has 7 heavy (non-hydrogen) atoms.